The summed E-state index contributed by atoms with van der Waals surface area (Å²) in [6.07, 6.45) is -0.0382. The third-order valence-corrected chi connectivity index (χ3v) is 4.79. The number of anilines is 1. The molecule has 1 aromatic heterocycles. The van der Waals surface area contributed by atoms with Crippen LogP contribution < -0.4 is 4.90 Å². The lowest BCUT2D eigenvalue weighted by molar-refractivity contribution is -0.0538. The molecule has 154 valence electrons. The average molecular weight is 397 g/mol. The maximum Gasteiger partial charge on any atom is 0.337 e. The molecule has 1 aliphatic rings. The second-order valence-corrected chi connectivity index (χ2v) is 7.36. The number of methoxy groups -OCH3 is 1. The summed E-state index contributed by atoms with van der Waals surface area (Å²) >= 11 is 0. The van der Waals surface area contributed by atoms with Crippen molar-refractivity contribution in [1.82, 2.24) is 9.88 Å². The molecule has 0 spiro atoms. The molecule has 2 unspecified atom stereocenters. The molecule has 1 fully saturated rings. The van der Waals surface area contributed by atoms with Crippen LogP contribution in [0.5, 0.6) is 0 Å². The predicted octanol–water partition coefficient (Wildman–Crippen LogP) is 3.41. The van der Waals surface area contributed by atoms with Crippen molar-refractivity contribution in [3.8, 4) is 0 Å². The standard InChI is InChI=1S/C22H27N3O4/c1-15-6-5-7-20(23-15)25(22(27)24-12-16(2)29-17(3)13-24)14-18-8-10-19(11-9-18)21(26)28-4/h5-11,16-17H,12-14H2,1-4H3. The highest BCUT2D eigenvalue weighted by molar-refractivity contribution is 5.91. The molecule has 1 aromatic carbocycles. The Morgan fingerprint density at radius 1 is 1.14 bits per heavy atom. The molecule has 1 saturated heterocycles. The lowest BCUT2D eigenvalue weighted by Gasteiger charge is -2.38. The summed E-state index contributed by atoms with van der Waals surface area (Å²) in [5, 5.41) is 0. The van der Waals surface area contributed by atoms with Gasteiger partial charge in [0.25, 0.3) is 0 Å². The molecule has 3 rings (SSSR count). The molecule has 0 saturated carbocycles. The van der Waals surface area contributed by atoms with Crippen LogP contribution in [0.4, 0.5) is 10.6 Å². The summed E-state index contributed by atoms with van der Waals surface area (Å²) in [5.74, 6) is 0.208. The normalized spacial score (nSPS) is 19.0. The van der Waals surface area contributed by atoms with E-state index < -0.39 is 0 Å². The number of carbonyl (C=O) groups is 2. The number of urea groups is 1. The highest BCUT2D eigenvalue weighted by Gasteiger charge is 2.30. The minimum Gasteiger partial charge on any atom is -0.465 e. The van der Waals surface area contributed by atoms with E-state index >= 15 is 0 Å². The Balaban J connectivity index is 1.87. The molecule has 2 aromatic rings. The Labute approximate surface area is 171 Å². The molecular weight excluding hydrogens is 370 g/mol. The molecule has 2 atom stereocenters. The smallest absolute Gasteiger partial charge is 0.337 e. The summed E-state index contributed by atoms with van der Waals surface area (Å²) in [4.78, 5) is 33.1. The van der Waals surface area contributed by atoms with Crippen LogP contribution in [0.1, 0.15) is 35.5 Å². The number of morpholine rings is 1. The molecule has 2 amide bonds. The number of esters is 1. The number of carbonyl (C=O) groups excluding carboxylic acids is 2. The number of aromatic nitrogens is 1. The van der Waals surface area contributed by atoms with E-state index in [1.807, 2.05) is 56.0 Å². The summed E-state index contributed by atoms with van der Waals surface area (Å²) in [6, 6.07) is 12.6. The van der Waals surface area contributed by atoms with Gasteiger partial charge in [-0.2, -0.15) is 0 Å². The number of rotatable bonds is 4. The Kier molecular flexibility index (Phi) is 6.49. The van der Waals surface area contributed by atoms with E-state index in [1.54, 1.807) is 17.0 Å². The molecule has 0 N–H and O–H groups in total. The van der Waals surface area contributed by atoms with Crippen molar-refractivity contribution in [2.75, 3.05) is 25.1 Å². The zero-order valence-corrected chi connectivity index (χ0v) is 17.3. The van der Waals surface area contributed by atoms with E-state index in [0.717, 1.165) is 11.3 Å². The van der Waals surface area contributed by atoms with Gasteiger partial charge in [0, 0.05) is 18.8 Å². The van der Waals surface area contributed by atoms with Crippen molar-refractivity contribution in [1.29, 1.82) is 0 Å². The van der Waals surface area contributed by atoms with Crippen LogP contribution in [0.3, 0.4) is 0 Å². The van der Waals surface area contributed by atoms with Crippen LogP contribution in [-0.2, 0) is 16.0 Å². The molecule has 0 bridgehead atoms. The topological polar surface area (TPSA) is 72.0 Å². The first-order valence-electron chi connectivity index (χ1n) is 9.70. The van der Waals surface area contributed by atoms with Crippen molar-refractivity contribution >= 4 is 17.8 Å². The molecule has 0 radical (unpaired) electrons. The summed E-state index contributed by atoms with van der Waals surface area (Å²) in [7, 11) is 1.35. The third-order valence-electron chi connectivity index (χ3n) is 4.79. The van der Waals surface area contributed by atoms with E-state index in [1.165, 1.54) is 7.11 Å². The highest BCUT2D eigenvalue weighted by atomic mass is 16.5. The number of nitrogens with zero attached hydrogens (tertiary/aromatic N) is 3. The fraction of sp³-hybridized carbons (Fsp3) is 0.409. The van der Waals surface area contributed by atoms with Gasteiger partial charge in [0.2, 0.25) is 0 Å². The first-order chi connectivity index (χ1) is 13.9. The SMILES string of the molecule is COC(=O)c1ccc(CN(C(=O)N2CC(C)OC(C)C2)c2cccc(C)n2)cc1. The van der Waals surface area contributed by atoms with Crippen LogP contribution in [0.25, 0.3) is 0 Å². The number of aryl methyl sites for hydroxylation is 1. The van der Waals surface area contributed by atoms with Crippen molar-refractivity contribution in [3.63, 3.8) is 0 Å². The summed E-state index contributed by atoms with van der Waals surface area (Å²) in [6.45, 7) is 7.25. The Hall–Kier alpha value is -2.93. The fourth-order valence-electron chi connectivity index (χ4n) is 3.48. The van der Waals surface area contributed by atoms with Crippen LogP contribution >= 0.6 is 0 Å². The zero-order chi connectivity index (χ0) is 21.0. The lowest BCUT2D eigenvalue weighted by atomic mass is 10.1. The van der Waals surface area contributed by atoms with Gasteiger partial charge in [-0.25, -0.2) is 14.6 Å². The van der Waals surface area contributed by atoms with Crippen molar-refractivity contribution < 1.29 is 19.1 Å². The van der Waals surface area contributed by atoms with E-state index in [0.29, 0.717) is 31.0 Å². The van der Waals surface area contributed by atoms with Crippen molar-refractivity contribution in [2.24, 2.45) is 0 Å². The lowest BCUT2D eigenvalue weighted by Crippen LogP contribution is -2.53. The minimum absolute atomic E-state index is 0.0191. The Morgan fingerprint density at radius 3 is 2.38 bits per heavy atom. The first kappa shape index (κ1) is 20.8. The van der Waals surface area contributed by atoms with Gasteiger partial charge in [-0.05, 0) is 50.6 Å². The van der Waals surface area contributed by atoms with Gasteiger partial charge in [-0.1, -0.05) is 18.2 Å². The van der Waals surface area contributed by atoms with Gasteiger partial charge < -0.3 is 14.4 Å². The number of hydrogen-bond donors (Lipinski definition) is 0. The van der Waals surface area contributed by atoms with Crippen molar-refractivity contribution in [2.45, 2.75) is 39.5 Å². The minimum atomic E-state index is -0.388. The average Bonchev–Trinajstić information content (AvgIpc) is 2.70. The van der Waals surface area contributed by atoms with Gasteiger partial charge >= 0.3 is 12.0 Å². The zero-order valence-electron chi connectivity index (χ0n) is 17.3. The molecule has 2 heterocycles. The maximum atomic E-state index is 13.4. The number of ether oxygens (including phenoxy) is 2. The number of pyridine rings is 1. The number of hydrogen-bond acceptors (Lipinski definition) is 5. The van der Waals surface area contributed by atoms with E-state index in [-0.39, 0.29) is 24.2 Å². The molecule has 7 heteroatoms. The second-order valence-electron chi connectivity index (χ2n) is 7.36. The summed E-state index contributed by atoms with van der Waals surface area (Å²) < 4.78 is 10.5. The van der Waals surface area contributed by atoms with Crippen molar-refractivity contribution in [3.05, 3.63) is 59.3 Å². The van der Waals surface area contributed by atoms with Gasteiger partial charge in [-0.3, -0.25) is 4.90 Å². The monoisotopic (exact) mass is 397 g/mol. The largest absolute Gasteiger partial charge is 0.465 e. The third kappa shape index (κ3) is 5.12. The predicted molar refractivity (Wildman–Crippen MR) is 110 cm³/mol. The molecule has 29 heavy (non-hydrogen) atoms. The van der Waals surface area contributed by atoms with Gasteiger partial charge in [0.15, 0.2) is 0 Å². The van der Waals surface area contributed by atoms with Gasteiger partial charge in [0.1, 0.15) is 5.82 Å². The first-order valence-corrected chi connectivity index (χ1v) is 9.70. The van der Waals surface area contributed by atoms with E-state index in [4.69, 9.17) is 9.47 Å². The molecule has 0 aliphatic carbocycles. The second kappa shape index (κ2) is 9.05. The number of amides is 2. The summed E-state index contributed by atoms with van der Waals surface area (Å²) in [5.41, 5.74) is 2.20. The van der Waals surface area contributed by atoms with Gasteiger partial charge in [-0.15, -0.1) is 0 Å². The van der Waals surface area contributed by atoms with Crippen LogP contribution in [-0.4, -0.2) is 54.3 Å². The van der Waals surface area contributed by atoms with Crippen LogP contribution in [0.2, 0.25) is 0 Å². The molecule has 1 aliphatic heterocycles. The Bertz CT molecular complexity index is 859. The fourth-order valence-corrected chi connectivity index (χ4v) is 3.48. The van der Waals surface area contributed by atoms with Gasteiger partial charge in [0.05, 0.1) is 31.4 Å². The van der Waals surface area contributed by atoms with Crippen LogP contribution in [0.15, 0.2) is 42.5 Å². The quantitative estimate of drug-likeness (QED) is 0.740. The molecular formula is C22H27N3O4. The molecule has 7 nitrogen and oxygen atoms in total. The van der Waals surface area contributed by atoms with E-state index in [9.17, 15) is 9.59 Å². The highest BCUT2D eigenvalue weighted by Crippen LogP contribution is 2.21. The Morgan fingerprint density at radius 2 is 1.79 bits per heavy atom. The van der Waals surface area contributed by atoms with E-state index in [2.05, 4.69) is 4.98 Å². The van der Waals surface area contributed by atoms with Crippen LogP contribution in [0, 0.1) is 6.92 Å². The number of benzene rings is 1. The maximum absolute atomic E-state index is 13.4.